The van der Waals surface area contributed by atoms with Gasteiger partial charge in [0.05, 0.1) is 23.6 Å². The molecule has 2 atom stereocenters. The van der Waals surface area contributed by atoms with Crippen LogP contribution in [0.1, 0.15) is 84.2 Å². The van der Waals surface area contributed by atoms with Gasteiger partial charge in [0.2, 0.25) is 11.8 Å². The number of halogens is 1. The van der Waals surface area contributed by atoms with E-state index in [2.05, 4.69) is 65.4 Å². The molecule has 0 aromatic heterocycles. The number of likely N-dealkylation sites (tertiary alicyclic amines) is 1. The highest BCUT2D eigenvalue weighted by molar-refractivity contribution is 6.23. The molecule has 3 fully saturated rings. The average molecular weight is 771 g/mol. The number of carbonyl (C=O) groups is 4. The Kier molecular flexibility index (Phi) is 11.8. The van der Waals surface area contributed by atoms with Crippen molar-refractivity contribution in [2.24, 2.45) is 11.8 Å². The number of aliphatic hydroxyl groups is 1. The van der Waals surface area contributed by atoms with Gasteiger partial charge in [-0.3, -0.25) is 29.4 Å². The van der Waals surface area contributed by atoms with Crippen LogP contribution in [-0.4, -0.2) is 102 Å². The van der Waals surface area contributed by atoms with Gasteiger partial charge in [-0.05, 0) is 111 Å². The first kappa shape index (κ1) is 38.8. The molecule has 4 aliphatic rings. The maximum atomic E-state index is 13.3. The number of ether oxygens (including phenoxy) is 2. The van der Waals surface area contributed by atoms with Crippen LogP contribution in [0.2, 0.25) is 0 Å². The van der Waals surface area contributed by atoms with E-state index in [9.17, 15) is 24.3 Å². The third-order valence-electron chi connectivity index (χ3n) is 11.9. The zero-order valence-corrected chi connectivity index (χ0v) is 32.4. The number of aliphatic hydroxyl groups excluding tert-OH is 1. The van der Waals surface area contributed by atoms with Crippen LogP contribution < -0.4 is 19.7 Å². The lowest BCUT2D eigenvalue weighted by atomic mass is 9.78. The molecule has 11 nitrogen and oxygen atoms in total. The molecule has 0 saturated carbocycles. The van der Waals surface area contributed by atoms with Gasteiger partial charge in [0.1, 0.15) is 30.3 Å². The average Bonchev–Trinajstić information content (AvgIpc) is 3.45. The standard InChI is InChI=1S/C43H51ClN4O7/c1-43(2,31-5-10-35(11-6-31)55-27-33(49)24-44)30-3-8-34(9-4-30)54-26-29-15-19-46(20-16-29)25-28-17-21-47(22-18-28)32-7-12-36-37(23-32)42(53)48(41(36)52)38-13-14-39(50)45-40(38)51/h3-12,23,28-29,33,38,49H,13-22,24-27H2,1-2H3,(H,45,50,51)/t33-,38?/m1/s1. The summed E-state index contributed by atoms with van der Waals surface area (Å²) in [5, 5.41) is 11.9. The number of carbonyl (C=O) groups excluding carboxylic acids is 4. The molecule has 292 valence electrons. The van der Waals surface area contributed by atoms with E-state index < -0.39 is 29.9 Å². The summed E-state index contributed by atoms with van der Waals surface area (Å²) in [7, 11) is 0. The lowest BCUT2D eigenvalue weighted by Gasteiger charge is -2.38. The number of alkyl halides is 1. The van der Waals surface area contributed by atoms with Crippen LogP contribution in [0.25, 0.3) is 0 Å². The number of hydrogen-bond donors (Lipinski definition) is 2. The molecule has 12 heteroatoms. The Hall–Kier alpha value is -4.45. The number of anilines is 1. The summed E-state index contributed by atoms with van der Waals surface area (Å²) in [5.41, 5.74) is 3.72. The second-order valence-electron chi connectivity index (χ2n) is 16.0. The lowest BCUT2D eigenvalue weighted by molar-refractivity contribution is -0.136. The van der Waals surface area contributed by atoms with Crippen LogP contribution in [0, 0.1) is 11.8 Å². The van der Waals surface area contributed by atoms with Gasteiger partial charge in [-0.1, -0.05) is 38.1 Å². The maximum Gasteiger partial charge on any atom is 0.262 e. The number of amides is 4. The summed E-state index contributed by atoms with van der Waals surface area (Å²) >= 11 is 5.66. The Morgan fingerprint density at radius 1 is 0.782 bits per heavy atom. The molecule has 0 bridgehead atoms. The smallest absolute Gasteiger partial charge is 0.262 e. The highest BCUT2D eigenvalue weighted by Crippen LogP contribution is 2.35. The van der Waals surface area contributed by atoms with Crippen molar-refractivity contribution in [3.63, 3.8) is 0 Å². The second-order valence-corrected chi connectivity index (χ2v) is 16.3. The summed E-state index contributed by atoms with van der Waals surface area (Å²) in [4.78, 5) is 56.3. The van der Waals surface area contributed by atoms with E-state index in [1.165, 1.54) is 11.1 Å². The fourth-order valence-corrected chi connectivity index (χ4v) is 8.37. The molecular weight excluding hydrogens is 720 g/mol. The first-order valence-corrected chi connectivity index (χ1v) is 20.1. The van der Waals surface area contributed by atoms with Gasteiger partial charge in [0.25, 0.3) is 11.8 Å². The van der Waals surface area contributed by atoms with E-state index in [-0.39, 0.29) is 36.7 Å². The minimum atomic E-state index is -0.958. The normalized spacial score (nSPS) is 20.8. The molecule has 7 rings (SSSR count). The highest BCUT2D eigenvalue weighted by Gasteiger charge is 2.45. The molecule has 4 aliphatic heterocycles. The monoisotopic (exact) mass is 770 g/mol. The Bertz CT molecular complexity index is 1870. The van der Waals surface area contributed by atoms with Crippen LogP contribution >= 0.6 is 11.6 Å². The Balaban J connectivity index is 0.829. The van der Waals surface area contributed by atoms with Crippen molar-refractivity contribution in [1.29, 1.82) is 0 Å². The molecule has 1 unspecified atom stereocenters. The van der Waals surface area contributed by atoms with Gasteiger partial charge in [-0.2, -0.15) is 0 Å². The minimum absolute atomic E-state index is 0.103. The Morgan fingerprint density at radius 2 is 1.38 bits per heavy atom. The van der Waals surface area contributed by atoms with Gasteiger partial charge in [0, 0.05) is 37.2 Å². The zero-order chi connectivity index (χ0) is 38.7. The third kappa shape index (κ3) is 8.69. The molecule has 0 aliphatic carbocycles. The van der Waals surface area contributed by atoms with Gasteiger partial charge < -0.3 is 24.4 Å². The topological polar surface area (TPSA) is 129 Å². The molecule has 4 amide bonds. The van der Waals surface area contributed by atoms with Gasteiger partial charge in [-0.15, -0.1) is 11.6 Å². The SMILES string of the molecule is CC(C)(c1ccc(OCC2CCN(CC3CCN(c4ccc5c(c4)C(=O)N(C4CCC(=O)NC4=O)C5=O)CC3)CC2)cc1)c1ccc(OC[C@H](O)CCl)cc1. The fraction of sp³-hybridized carbons (Fsp3) is 0.488. The van der Waals surface area contributed by atoms with Crippen molar-refractivity contribution in [3.05, 3.63) is 89.0 Å². The van der Waals surface area contributed by atoms with Gasteiger partial charge in [0.15, 0.2) is 0 Å². The lowest BCUT2D eigenvalue weighted by Crippen LogP contribution is -2.54. The zero-order valence-electron chi connectivity index (χ0n) is 31.7. The number of imide groups is 2. The van der Waals surface area contributed by atoms with Crippen molar-refractivity contribution >= 4 is 40.9 Å². The largest absolute Gasteiger partial charge is 0.493 e. The number of piperidine rings is 3. The number of hydrogen-bond acceptors (Lipinski definition) is 9. The summed E-state index contributed by atoms with van der Waals surface area (Å²) < 4.78 is 11.9. The van der Waals surface area contributed by atoms with Crippen molar-refractivity contribution in [2.75, 3.05) is 56.7 Å². The molecule has 3 saturated heterocycles. The van der Waals surface area contributed by atoms with E-state index in [0.29, 0.717) is 28.7 Å². The first-order valence-electron chi connectivity index (χ1n) is 19.5. The summed E-state index contributed by atoms with van der Waals surface area (Å²) in [6, 6.07) is 20.8. The van der Waals surface area contributed by atoms with E-state index in [1.807, 2.05) is 18.2 Å². The summed E-state index contributed by atoms with van der Waals surface area (Å²) in [6.45, 7) is 10.3. The van der Waals surface area contributed by atoms with Gasteiger partial charge >= 0.3 is 0 Å². The van der Waals surface area contributed by atoms with E-state index in [1.54, 1.807) is 12.1 Å². The second kappa shape index (κ2) is 16.7. The highest BCUT2D eigenvalue weighted by atomic mass is 35.5. The Morgan fingerprint density at radius 3 is 2.00 bits per heavy atom. The fourth-order valence-electron chi connectivity index (χ4n) is 8.28. The predicted octanol–water partition coefficient (Wildman–Crippen LogP) is 5.40. The molecule has 2 N–H and O–H groups in total. The van der Waals surface area contributed by atoms with Crippen molar-refractivity contribution in [3.8, 4) is 11.5 Å². The molecule has 0 radical (unpaired) electrons. The van der Waals surface area contributed by atoms with Gasteiger partial charge in [-0.25, -0.2) is 0 Å². The summed E-state index contributed by atoms with van der Waals surface area (Å²) in [5.74, 6) is 0.951. The van der Waals surface area contributed by atoms with Crippen molar-refractivity contribution in [1.82, 2.24) is 15.1 Å². The van der Waals surface area contributed by atoms with E-state index >= 15 is 0 Å². The first-order chi connectivity index (χ1) is 26.5. The van der Waals surface area contributed by atoms with Crippen LogP contribution in [-0.2, 0) is 15.0 Å². The molecule has 4 heterocycles. The predicted molar refractivity (Wildman–Crippen MR) is 210 cm³/mol. The number of rotatable bonds is 13. The van der Waals surface area contributed by atoms with Crippen LogP contribution in [0.15, 0.2) is 66.7 Å². The molecule has 0 spiro atoms. The van der Waals surface area contributed by atoms with Crippen LogP contribution in [0.4, 0.5) is 5.69 Å². The third-order valence-corrected chi connectivity index (χ3v) is 12.2. The number of nitrogens with one attached hydrogen (secondary N) is 1. The maximum absolute atomic E-state index is 13.3. The minimum Gasteiger partial charge on any atom is -0.493 e. The van der Waals surface area contributed by atoms with E-state index in [0.717, 1.165) is 81.4 Å². The summed E-state index contributed by atoms with van der Waals surface area (Å²) in [6.07, 6.45) is 3.92. The molecular formula is C43H51ClN4O7. The van der Waals surface area contributed by atoms with Crippen molar-refractivity contribution < 1.29 is 33.8 Å². The molecule has 3 aromatic carbocycles. The number of nitrogens with zero attached hydrogens (tertiary/aromatic N) is 3. The number of fused-ring (bicyclic) bond motifs is 1. The number of benzene rings is 3. The van der Waals surface area contributed by atoms with Crippen LogP contribution in [0.5, 0.6) is 11.5 Å². The van der Waals surface area contributed by atoms with Crippen molar-refractivity contribution in [2.45, 2.75) is 69.9 Å². The van der Waals surface area contributed by atoms with Crippen LogP contribution in [0.3, 0.4) is 0 Å². The molecule has 3 aromatic rings. The molecule has 55 heavy (non-hydrogen) atoms. The Labute approximate surface area is 327 Å². The van der Waals surface area contributed by atoms with E-state index in [4.69, 9.17) is 21.1 Å². The quantitative estimate of drug-likeness (QED) is 0.174.